The van der Waals surface area contributed by atoms with Crippen molar-refractivity contribution in [1.82, 2.24) is 0 Å². The Morgan fingerprint density at radius 2 is 1.94 bits per heavy atom. The summed E-state index contributed by atoms with van der Waals surface area (Å²) < 4.78 is 12.6. The molecule has 0 aromatic heterocycles. The zero-order valence-electron chi connectivity index (χ0n) is 8.96. The number of anilines is 1. The summed E-state index contributed by atoms with van der Waals surface area (Å²) in [6, 6.07) is 4.26. The number of nitrogen functional groups attached to an aromatic ring is 1. The van der Waals surface area contributed by atoms with Crippen LogP contribution in [0, 0.1) is 3.57 Å². The summed E-state index contributed by atoms with van der Waals surface area (Å²) in [5.41, 5.74) is 9.47. The van der Waals surface area contributed by atoms with E-state index >= 15 is 0 Å². The quantitative estimate of drug-likeness (QED) is 0.585. The van der Waals surface area contributed by atoms with Gasteiger partial charge < -0.3 is 15.2 Å². The summed E-state index contributed by atoms with van der Waals surface area (Å²) in [6.07, 6.45) is 2.81. The Bertz CT molecular complexity index is 427. The second kappa shape index (κ2) is 3.85. The van der Waals surface area contributed by atoms with Crippen LogP contribution in [0.5, 0.6) is 0 Å². The Morgan fingerprint density at radius 3 is 2.69 bits per heavy atom. The van der Waals surface area contributed by atoms with Gasteiger partial charge in [0.05, 0.1) is 13.2 Å². The van der Waals surface area contributed by atoms with Gasteiger partial charge in [-0.1, -0.05) is 0 Å². The highest BCUT2D eigenvalue weighted by molar-refractivity contribution is 14.1. The first-order valence-corrected chi connectivity index (χ1v) is 6.61. The zero-order valence-corrected chi connectivity index (χ0v) is 11.1. The maximum atomic E-state index is 5.94. The second-order valence-corrected chi connectivity index (χ2v) is 5.59. The molecule has 2 aliphatic rings. The first-order chi connectivity index (χ1) is 7.69. The molecule has 3 rings (SSSR count). The van der Waals surface area contributed by atoms with Crippen molar-refractivity contribution in [2.45, 2.75) is 25.0 Å². The van der Waals surface area contributed by atoms with Crippen LogP contribution in [0.3, 0.4) is 0 Å². The Hall–Kier alpha value is -0.330. The van der Waals surface area contributed by atoms with Gasteiger partial charge in [0, 0.05) is 22.1 Å². The van der Waals surface area contributed by atoms with E-state index in [4.69, 9.17) is 15.2 Å². The van der Waals surface area contributed by atoms with Gasteiger partial charge in [-0.05, 0) is 52.3 Å². The van der Waals surface area contributed by atoms with E-state index < -0.39 is 0 Å². The van der Waals surface area contributed by atoms with E-state index in [0.29, 0.717) is 0 Å². The first kappa shape index (κ1) is 10.8. The predicted octanol–water partition coefficient (Wildman–Crippen LogP) is 2.11. The minimum Gasteiger partial charge on any atom is -0.398 e. The number of ether oxygens (including phenoxy) is 2. The Kier molecular flexibility index (Phi) is 2.60. The summed E-state index contributed by atoms with van der Waals surface area (Å²) in [5.74, 6) is -0.355. The third-order valence-electron chi connectivity index (χ3n) is 3.37. The molecule has 1 aromatic rings. The largest absolute Gasteiger partial charge is 0.398 e. The van der Waals surface area contributed by atoms with Crippen LogP contribution < -0.4 is 5.73 Å². The molecule has 1 saturated heterocycles. The van der Waals surface area contributed by atoms with E-state index in [9.17, 15) is 0 Å². The smallest absolute Gasteiger partial charge is 0.172 e. The molecule has 16 heavy (non-hydrogen) atoms. The minimum absolute atomic E-state index is 0.355. The third-order valence-corrected chi connectivity index (χ3v) is 4.30. The van der Waals surface area contributed by atoms with Crippen molar-refractivity contribution in [1.29, 1.82) is 0 Å². The fourth-order valence-electron chi connectivity index (χ4n) is 2.52. The molecule has 1 aromatic carbocycles. The molecule has 0 bridgehead atoms. The van der Waals surface area contributed by atoms with Gasteiger partial charge in [0.2, 0.25) is 0 Å². The lowest BCUT2D eigenvalue weighted by atomic mass is 9.87. The van der Waals surface area contributed by atoms with E-state index in [-0.39, 0.29) is 5.79 Å². The van der Waals surface area contributed by atoms with Crippen LogP contribution in [-0.2, 0) is 22.3 Å². The number of hydrogen-bond acceptors (Lipinski definition) is 3. The molecule has 0 amide bonds. The summed E-state index contributed by atoms with van der Waals surface area (Å²) in [5, 5.41) is 0. The number of fused-ring (bicyclic) bond motifs is 1. The van der Waals surface area contributed by atoms with Crippen molar-refractivity contribution < 1.29 is 9.47 Å². The van der Waals surface area contributed by atoms with E-state index in [1.807, 2.05) is 0 Å². The molecule has 1 heterocycles. The highest BCUT2D eigenvalue weighted by Gasteiger charge is 2.39. The van der Waals surface area contributed by atoms with Crippen molar-refractivity contribution in [3.63, 3.8) is 0 Å². The molecule has 1 aliphatic carbocycles. The van der Waals surface area contributed by atoms with Gasteiger partial charge in [-0.3, -0.25) is 0 Å². The summed E-state index contributed by atoms with van der Waals surface area (Å²) in [7, 11) is 0. The highest BCUT2D eigenvalue weighted by Crippen LogP contribution is 2.36. The lowest BCUT2D eigenvalue weighted by molar-refractivity contribution is -0.163. The third kappa shape index (κ3) is 1.72. The van der Waals surface area contributed by atoms with Crippen LogP contribution in [-0.4, -0.2) is 19.0 Å². The fourth-order valence-corrected chi connectivity index (χ4v) is 3.05. The van der Waals surface area contributed by atoms with Crippen molar-refractivity contribution >= 4 is 28.3 Å². The number of aryl methyl sites for hydroxylation is 1. The highest BCUT2D eigenvalue weighted by atomic mass is 127. The molecular formula is C12H14INO2. The molecule has 0 saturated carbocycles. The zero-order chi connectivity index (χ0) is 11.2. The van der Waals surface area contributed by atoms with E-state index in [1.165, 1.54) is 11.1 Å². The van der Waals surface area contributed by atoms with E-state index in [1.54, 1.807) is 0 Å². The molecule has 1 fully saturated rings. The van der Waals surface area contributed by atoms with Crippen molar-refractivity contribution in [2.75, 3.05) is 18.9 Å². The lowest BCUT2D eigenvalue weighted by Gasteiger charge is -2.33. The number of hydrogen-bond donors (Lipinski definition) is 1. The molecule has 0 unspecified atom stereocenters. The fraction of sp³-hybridized carbons (Fsp3) is 0.500. The van der Waals surface area contributed by atoms with Crippen LogP contribution >= 0.6 is 22.6 Å². The molecule has 0 radical (unpaired) electrons. The standard InChI is InChI=1S/C12H14INO2/c13-10-5-8-1-2-12(15-3-4-16-12)7-9(8)6-11(10)14/h5-6H,1-4,7,14H2. The molecule has 2 N–H and O–H groups in total. The van der Waals surface area contributed by atoms with Crippen molar-refractivity contribution in [2.24, 2.45) is 0 Å². The molecule has 1 aliphatic heterocycles. The Balaban J connectivity index is 1.96. The van der Waals surface area contributed by atoms with Gasteiger partial charge in [0.15, 0.2) is 5.79 Å². The normalized spacial score (nSPS) is 22.3. The molecule has 4 heteroatoms. The molecule has 1 spiro atoms. The number of nitrogens with two attached hydrogens (primary N) is 1. The molecule has 3 nitrogen and oxygen atoms in total. The molecule has 86 valence electrons. The van der Waals surface area contributed by atoms with Gasteiger partial charge in [-0.25, -0.2) is 0 Å². The SMILES string of the molecule is Nc1cc2c(cc1I)CCC1(C2)OCCO1. The monoisotopic (exact) mass is 331 g/mol. The van der Waals surface area contributed by atoms with Crippen LogP contribution in [0.4, 0.5) is 5.69 Å². The number of rotatable bonds is 0. The van der Waals surface area contributed by atoms with Crippen LogP contribution in [0.2, 0.25) is 0 Å². The molecule has 0 atom stereocenters. The summed E-state index contributed by atoms with van der Waals surface area (Å²) in [4.78, 5) is 0. The average Bonchev–Trinajstić information content (AvgIpc) is 2.69. The average molecular weight is 331 g/mol. The predicted molar refractivity (Wildman–Crippen MR) is 70.2 cm³/mol. The van der Waals surface area contributed by atoms with Gasteiger partial charge in [0.1, 0.15) is 0 Å². The van der Waals surface area contributed by atoms with E-state index in [2.05, 4.69) is 34.7 Å². The van der Waals surface area contributed by atoms with Gasteiger partial charge in [-0.15, -0.1) is 0 Å². The summed E-state index contributed by atoms with van der Waals surface area (Å²) >= 11 is 2.28. The van der Waals surface area contributed by atoms with E-state index in [0.717, 1.165) is 41.7 Å². The number of benzene rings is 1. The number of halogens is 1. The van der Waals surface area contributed by atoms with Crippen LogP contribution in [0.25, 0.3) is 0 Å². The van der Waals surface area contributed by atoms with Crippen LogP contribution in [0.1, 0.15) is 17.5 Å². The topological polar surface area (TPSA) is 44.5 Å². The van der Waals surface area contributed by atoms with Crippen molar-refractivity contribution in [3.05, 3.63) is 26.8 Å². The minimum atomic E-state index is -0.355. The maximum Gasteiger partial charge on any atom is 0.172 e. The first-order valence-electron chi connectivity index (χ1n) is 5.53. The van der Waals surface area contributed by atoms with Gasteiger partial charge >= 0.3 is 0 Å². The molecular weight excluding hydrogens is 317 g/mol. The summed E-state index contributed by atoms with van der Waals surface area (Å²) in [6.45, 7) is 1.43. The maximum absolute atomic E-state index is 5.94. The second-order valence-electron chi connectivity index (χ2n) is 4.43. The Labute approximate surface area is 108 Å². The lowest BCUT2D eigenvalue weighted by Crippen LogP contribution is -2.37. The van der Waals surface area contributed by atoms with Crippen molar-refractivity contribution in [3.8, 4) is 0 Å². The van der Waals surface area contributed by atoms with Gasteiger partial charge in [0.25, 0.3) is 0 Å². The van der Waals surface area contributed by atoms with Crippen LogP contribution in [0.15, 0.2) is 12.1 Å². The Morgan fingerprint density at radius 1 is 1.19 bits per heavy atom. The van der Waals surface area contributed by atoms with Gasteiger partial charge in [-0.2, -0.15) is 0 Å².